The first-order chi connectivity index (χ1) is 16.5. The van der Waals surface area contributed by atoms with E-state index in [4.69, 9.17) is 51.1 Å². The first-order valence-corrected chi connectivity index (χ1v) is 11.3. The van der Waals surface area contributed by atoms with E-state index in [1.165, 1.54) is 18.2 Å². The predicted octanol–water partition coefficient (Wildman–Crippen LogP) is 7.82. The maximum Gasteiger partial charge on any atom is 0.345 e. The Hall–Kier alpha value is -3.04. The van der Waals surface area contributed by atoms with Crippen molar-refractivity contribution >= 4 is 69.7 Å². The Balaban J connectivity index is 0.000000283. The lowest BCUT2D eigenvalue weighted by Crippen LogP contribution is -2.09. The number of methoxy groups -OCH3 is 1. The minimum Gasteiger partial charge on any atom is -0.465 e. The van der Waals surface area contributed by atoms with Gasteiger partial charge in [-0.3, -0.25) is 14.9 Å². The monoisotopic (exact) mass is 558 g/mol. The summed E-state index contributed by atoms with van der Waals surface area (Å²) in [5.41, 5.74) is 0.0812. The summed E-state index contributed by atoms with van der Waals surface area (Å²) in [5, 5.41) is 15.2. The Morgan fingerprint density at radius 2 is 1.66 bits per heavy atom. The summed E-state index contributed by atoms with van der Waals surface area (Å²) in [4.78, 5) is 32.9. The highest BCUT2D eigenvalue weighted by molar-refractivity contribution is 6.42. The van der Waals surface area contributed by atoms with E-state index in [-0.39, 0.29) is 27.9 Å². The maximum absolute atomic E-state index is 11.6. The molecule has 0 fully saturated rings. The summed E-state index contributed by atoms with van der Waals surface area (Å²) < 4.78 is 10.0. The van der Waals surface area contributed by atoms with Gasteiger partial charge in [0.1, 0.15) is 17.1 Å². The topological polar surface area (TPSA) is 108 Å². The van der Waals surface area contributed by atoms with Gasteiger partial charge in [-0.2, -0.15) is 0 Å². The molecule has 35 heavy (non-hydrogen) atoms. The number of rotatable bonds is 6. The number of nitrogens with one attached hydrogen (secondary N) is 1. The molecule has 0 aliphatic heterocycles. The van der Waals surface area contributed by atoms with Gasteiger partial charge in [0.2, 0.25) is 5.91 Å². The number of ether oxygens (including phenoxy) is 2. The number of benzene rings is 3. The Morgan fingerprint density at radius 3 is 2.23 bits per heavy atom. The van der Waals surface area contributed by atoms with Crippen molar-refractivity contribution in [2.75, 3.05) is 12.4 Å². The number of nitro benzene ring substituents is 1. The van der Waals surface area contributed by atoms with Crippen LogP contribution >= 0.6 is 46.4 Å². The van der Waals surface area contributed by atoms with Crippen LogP contribution in [-0.2, 0) is 9.53 Å². The van der Waals surface area contributed by atoms with Gasteiger partial charge >= 0.3 is 5.97 Å². The first kappa shape index (κ1) is 28.2. The largest absolute Gasteiger partial charge is 0.465 e. The van der Waals surface area contributed by atoms with Gasteiger partial charge in [0.25, 0.3) is 5.69 Å². The second-order valence-electron chi connectivity index (χ2n) is 6.64. The highest BCUT2D eigenvalue weighted by atomic mass is 35.5. The summed E-state index contributed by atoms with van der Waals surface area (Å²) in [6.07, 6.45) is 0.445. The van der Waals surface area contributed by atoms with Crippen LogP contribution < -0.4 is 10.1 Å². The number of carbonyl (C=O) groups excluding carboxylic acids is 2. The fraction of sp³-hybridized carbons (Fsp3) is 0.130. The van der Waals surface area contributed by atoms with Gasteiger partial charge in [-0.15, -0.1) is 0 Å². The molecule has 0 heterocycles. The van der Waals surface area contributed by atoms with Gasteiger partial charge in [-0.25, -0.2) is 4.79 Å². The number of nitro groups is 1. The third-order valence-electron chi connectivity index (χ3n) is 4.22. The molecular weight excluding hydrogens is 542 g/mol. The molecular formula is C23H18Cl4N2O6. The molecule has 3 aromatic rings. The molecule has 0 aliphatic rings. The zero-order valence-electron chi connectivity index (χ0n) is 18.3. The summed E-state index contributed by atoms with van der Waals surface area (Å²) in [6, 6.07) is 13.3. The zero-order valence-corrected chi connectivity index (χ0v) is 21.3. The van der Waals surface area contributed by atoms with Gasteiger partial charge in [-0.05, 0) is 42.5 Å². The molecule has 0 spiro atoms. The van der Waals surface area contributed by atoms with Gasteiger partial charge < -0.3 is 14.8 Å². The minimum absolute atomic E-state index is 0.0432. The van der Waals surface area contributed by atoms with E-state index in [1.807, 2.05) is 0 Å². The van der Waals surface area contributed by atoms with E-state index in [0.29, 0.717) is 32.9 Å². The lowest BCUT2D eigenvalue weighted by Gasteiger charge is -2.09. The minimum atomic E-state index is -0.834. The van der Waals surface area contributed by atoms with Crippen LogP contribution in [0.25, 0.3) is 0 Å². The Labute approximate surface area is 220 Å². The smallest absolute Gasteiger partial charge is 0.345 e. The molecule has 0 radical (unpaired) electrons. The standard InChI is InChI=1S/C14H9Cl2NO5.C9H9Cl2NO/c1-21-14(18)10-7-9(3-4-12(10)17(19)20)22-13-5-2-8(15)6-11(13)16;1-2-9(13)12-6-3-4-7(10)8(11)5-6/h2-7H,1H3;3-5H,2H2,1H3,(H,12,13). The first-order valence-electron chi connectivity index (χ1n) is 9.80. The van der Waals surface area contributed by atoms with E-state index < -0.39 is 10.9 Å². The maximum atomic E-state index is 11.6. The SMILES string of the molecule is CCC(=O)Nc1ccc(Cl)c(Cl)c1.COC(=O)c1cc(Oc2ccc(Cl)cc2Cl)ccc1[N+](=O)[O-]. The third kappa shape index (κ3) is 8.29. The molecule has 8 nitrogen and oxygen atoms in total. The van der Waals surface area contributed by atoms with Crippen LogP contribution in [0.3, 0.4) is 0 Å². The molecule has 0 saturated carbocycles. The average molecular weight is 560 g/mol. The van der Waals surface area contributed by atoms with Gasteiger partial charge in [0.05, 0.1) is 27.1 Å². The van der Waals surface area contributed by atoms with E-state index in [1.54, 1.807) is 37.3 Å². The Kier molecular flexibility index (Phi) is 10.6. The molecule has 3 aromatic carbocycles. The zero-order chi connectivity index (χ0) is 26.1. The molecule has 0 aromatic heterocycles. The highest BCUT2D eigenvalue weighted by Gasteiger charge is 2.22. The van der Waals surface area contributed by atoms with Crippen molar-refractivity contribution in [3.8, 4) is 11.5 Å². The molecule has 0 aliphatic carbocycles. The Morgan fingerprint density at radius 1 is 0.943 bits per heavy atom. The van der Waals surface area contributed by atoms with Crippen molar-refractivity contribution in [3.63, 3.8) is 0 Å². The summed E-state index contributed by atoms with van der Waals surface area (Å²) in [5.74, 6) is -0.372. The molecule has 1 N–H and O–H groups in total. The van der Waals surface area contributed by atoms with Crippen molar-refractivity contribution in [1.29, 1.82) is 0 Å². The molecule has 12 heteroatoms. The molecule has 3 rings (SSSR count). The molecule has 1 amide bonds. The lowest BCUT2D eigenvalue weighted by molar-refractivity contribution is -0.385. The fourth-order valence-electron chi connectivity index (χ4n) is 2.52. The summed E-state index contributed by atoms with van der Waals surface area (Å²) in [7, 11) is 1.13. The summed E-state index contributed by atoms with van der Waals surface area (Å²) in [6.45, 7) is 1.78. The van der Waals surface area contributed by atoms with Crippen molar-refractivity contribution in [1.82, 2.24) is 0 Å². The molecule has 0 unspecified atom stereocenters. The van der Waals surface area contributed by atoms with Crippen LogP contribution in [0.4, 0.5) is 11.4 Å². The van der Waals surface area contributed by atoms with Crippen LogP contribution in [0.15, 0.2) is 54.6 Å². The highest BCUT2D eigenvalue weighted by Crippen LogP contribution is 2.33. The van der Waals surface area contributed by atoms with Crippen LogP contribution in [0.2, 0.25) is 20.1 Å². The lowest BCUT2D eigenvalue weighted by atomic mass is 10.1. The number of carbonyl (C=O) groups is 2. The van der Waals surface area contributed by atoms with Crippen LogP contribution in [0.1, 0.15) is 23.7 Å². The van der Waals surface area contributed by atoms with E-state index >= 15 is 0 Å². The van der Waals surface area contributed by atoms with Gasteiger partial charge in [-0.1, -0.05) is 53.3 Å². The quantitative estimate of drug-likeness (QED) is 0.187. The molecule has 184 valence electrons. The van der Waals surface area contributed by atoms with Crippen molar-refractivity contribution in [2.45, 2.75) is 13.3 Å². The number of halogens is 4. The van der Waals surface area contributed by atoms with Crippen LogP contribution in [0, 0.1) is 10.1 Å². The average Bonchev–Trinajstić information content (AvgIpc) is 2.82. The van der Waals surface area contributed by atoms with Crippen molar-refractivity contribution < 1.29 is 24.0 Å². The van der Waals surface area contributed by atoms with E-state index in [0.717, 1.165) is 13.2 Å². The van der Waals surface area contributed by atoms with E-state index in [2.05, 4.69) is 10.1 Å². The van der Waals surface area contributed by atoms with Crippen LogP contribution in [0.5, 0.6) is 11.5 Å². The number of nitrogens with zero attached hydrogens (tertiary/aromatic N) is 1. The van der Waals surface area contributed by atoms with Crippen molar-refractivity contribution in [2.24, 2.45) is 0 Å². The summed E-state index contributed by atoms with van der Waals surface area (Å²) >= 11 is 23.2. The number of hydrogen-bond acceptors (Lipinski definition) is 6. The van der Waals surface area contributed by atoms with Gasteiger partial charge in [0, 0.05) is 29.3 Å². The molecule has 0 saturated heterocycles. The normalized spacial score (nSPS) is 10.0. The predicted molar refractivity (Wildman–Crippen MR) is 136 cm³/mol. The Bertz CT molecular complexity index is 1250. The number of esters is 1. The fourth-order valence-corrected chi connectivity index (χ4v) is 3.26. The van der Waals surface area contributed by atoms with Crippen LogP contribution in [-0.4, -0.2) is 23.9 Å². The van der Waals surface area contributed by atoms with Gasteiger partial charge in [0.15, 0.2) is 0 Å². The number of anilines is 1. The number of hydrogen-bond donors (Lipinski definition) is 1. The third-order valence-corrected chi connectivity index (χ3v) is 5.49. The molecule has 0 bridgehead atoms. The second-order valence-corrected chi connectivity index (χ2v) is 8.29. The van der Waals surface area contributed by atoms with E-state index in [9.17, 15) is 19.7 Å². The number of amides is 1. The second kappa shape index (κ2) is 13.2. The van der Waals surface area contributed by atoms with Crippen molar-refractivity contribution in [3.05, 3.63) is 90.4 Å². The molecule has 0 atom stereocenters.